The highest BCUT2D eigenvalue weighted by atomic mass is 14.8. The Morgan fingerprint density at radius 3 is 2.47 bits per heavy atom. The molecule has 2 rings (SSSR count). The Balaban J connectivity index is 2.50. The number of nitrogens with one attached hydrogen (secondary N) is 2. The molecule has 0 saturated heterocycles. The van der Waals surface area contributed by atoms with E-state index in [9.17, 15) is 0 Å². The molecule has 86 valence electrons. The van der Waals surface area contributed by atoms with Crippen LogP contribution in [-0.2, 0) is 0 Å². The molecule has 0 aromatic heterocycles. The van der Waals surface area contributed by atoms with Crippen LogP contribution in [0.15, 0.2) is 42.5 Å². The van der Waals surface area contributed by atoms with Gasteiger partial charge in [0, 0.05) is 24.5 Å². The van der Waals surface area contributed by atoms with Crippen LogP contribution in [0.25, 0.3) is 11.1 Å². The SMILES string of the molecule is CNc1ccc(-c2cccc(C)c2)cc1C=N. The average Bonchev–Trinajstić information content (AvgIpc) is 2.38. The molecule has 2 aromatic rings. The van der Waals surface area contributed by atoms with Crippen LogP contribution in [-0.4, -0.2) is 13.3 Å². The smallest absolute Gasteiger partial charge is 0.0426 e. The number of hydrogen-bond donors (Lipinski definition) is 2. The van der Waals surface area contributed by atoms with Crippen LogP contribution >= 0.6 is 0 Å². The summed E-state index contributed by atoms with van der Waals surface area (Å²) < 4.78 is 0. The molecule has 0 heterocycles. The molecular weight excluding hydrogens is 208 g/mol. The largest absolute Gasteiger partial charge is 0.388 e. The molecule has 0 radical (unpaired) electrons. The topological polar surface area (TPSA) is 35.9 Å². The summed E-state index contributed by atoms with van der Waals surface area (Å²) in [7, 11) is 1.87. The third-order valence-electron chi connectivity index (χ3n) is 2.83. The first kappa shape index (κ1) is 11.4. The van der Waals surface area contributed by atoms with Crippen molar-refractivity contribution in [3.63, 3.8) is 0 Å². The van der Waals surface area contributed by atoms with Gasteiger partial charge in [-0.15, -0.1) is 0 Å². The summed E-state index contributed by atoms with van der Waals surface area (Å²) in [5.74, 6) is 0. The molecule has 0 unspecified atom stereocenters. The molecule has 0 spiro atoms. The standard InChI is InChI=1S/C15H16N2/c1-11-4-3-5-12(8-11)13-6-7-15(17-2)14(9-13)10-16/h3-10,16-17H,1-2H3. The molecule has 2 heteroatoms. The predicted octanol–water partition coefficient (Wildman–Crippen LogP) is 3.70. The van der Waals surface area contributed by atoms with Crippen molar-refractivity contribution in [1.29, 1.82) is 5.41 Å². The monoisotopic (exact) mass is 224 g/mol. The second-order valence-electron chi connectivity index (χ2n) is 4.07. The van der Waals surface area contributed by atoms with Gasteiger partial charge in [0.25, 0.3) is 0 Å². The first-order chi connectivity index (χ1) is 8.24. The summed E-state index contributed by atoms with van der Waals surface area (Å²) >= 11 is 0. The fourth-order valence-corrected chi connectivity index (χ4v) is 1.91. The molecule has 0 saturated carbocycles. The van der Waals surface area contributed by atoms with E-state index in [-0.39, 0.29) is 0 Å². The van der Waals surface area contributed by atoms with E-state index >= 15 is 0 Å². The Morgan fingerprint density at radius 2 is 1.82 bits per heavy atom. The molecule has 0 amide bonds. The molecule has 2 nitrogen and oxygen atoms in total. The third-order valence-corrected chi connectivity index (χ3v) is 2.83. The zero-order valence-corrected chi connectivity index (χ0v) is 10.1. The van der Waals surface area contributed by atoms with E-state index in [0.717, 1.165) is 16.8 Å². The van der Waals surface area contributed by atoms with E-state index in [4.69, 9.17) is 5.41 Å². The Morgan fingerprint density at radius 1 is 1.06 bits per heavy atom. The van der Waals surface area contributed by atoms with E-state index in [0.29, 0.717) is 0 Å². The second kappa shape index (κ2) is 4.83. The molecule has 0 aliphatic carbocycles. The molecule has 0 fully saturated rings. The van der Waals surface area contributed by atoms with Gasteiger partial charge in [0.05, 0.1) is 0 Å². The summed E-state index contributed by atoms with van der Waals surface area (Å²) in [6.07, 6.45) is 1.38. The lowest BCUT2D eigenvalue weighted by atomic mass is 10.0. The van der Waals surface area contributed by atoms with Gasteiger partial charge in [0.1, 0.15) is 0 Å². The molecule has 2 N–H and O–H groups in total. The van der Waals surface area contributed by atoms with Gasteiger partial charge in [0.2, 0.25) is 0 Å². The van der Waals surface area contributed by atoms with Crippen LogP contribution in [0.3, 0.4) is 0 Å². The van der Waals surface area contributed by atoms with E-state index in [1.165, 1.54) is 17.3 Å². The molecular formula is C15H16N2. The van der Waals surface area contributed by atoms with Crippen molar-refractivity contribution in [1.82, 2.24) is 0 Å². The van der Waals surface area contributed by atoms with Gasteiger partial charge in [-0.3, -0.25) is 0 Å². The predicted molar refractivity (Wildman–Crippen MR) is 74.0 cm³/mol. The summed E-state index contributed by atoms with van der Waals surface area (Å²) in [6, 6.07) is 14.5. The maximum Gasteiger partial charge on any atom is 0.0426 e. The van der Waals surface area contributed by atoms with Crippen LogP contribution in [0, 0.1) is 12.3 Å². The first-order valence-electron chi connectivity index (χ1n) is 5.64. The third kappa shape index (κ3) is 2.36. The summed E-state index contributed by atoms with van der Waals surface area (Å²) in [5.41, 5.74) is 5.47. The van der Waals surface area contributed by atoms with Gasteiger partial charge in [-0.25, -0.2) is 0 Å². The summed E-state index contributed by atoms with van der Waals surface area (Å²) in [4.78, 5) is 0. The van der Waals surface area contributed by atoms with E-state index in [2.05, 4.69) is 42.6 Å². The van der Waals surface area contributed by atoms with Gasteiger partial charge in [0.15, 0.2) is 0 Å². The Labute approximate surface area is 102 Å². The van der Waals surface area contributed by atoms with Crippen LogP contribution < -0.4 is 5.32 Å². The number of benzene rings is 2. The van der Waals surface area contributed by atoms with Crippen molar-refractivity contribution < 1.29 is 0 Å². The van der Waals surface area contributed by atoms with Crippen LogP contribution in [0.1, 0.15) is 11.1 Å². The van der Waals surface area contributed by atoms with Crippen molar-refractivity contribution in [2.45, 2.75) is 6.92 Å². The molecule has 2 aromatic carbocycles. The molecule has 0 aliphatic rings. The zero-order valence-electron chi connectivity index (χ0n) is 10.1. The van der Waals surface area contributed by atoms with Crippen molar-refractivity contribution in [2.75, 3.05) is 12.4 Å². The molecule has 0 atom stereocenters. The number of aryl methyl sites for hydroxylation is 1. The minimum absolute atomic E-state index is 0.909. The van der Waals surface area contributed by atoms with Gasteiger partial charge in [-0.05, 0) is 30.2 Å². The summed E-state index contributed by atoms with van der Waals surface area (Å²) in [5, 5.41) is 10.5. The number of hydrogen-bond acceptors (Lipinski definition) is 2. The van der Waals surface area contributed by atoms with Crippen molar-refractivity contribution in [3.8, 4) is 11.1 Å². The fraction of sp³-hybridized carbons (Fsp3) is 0.133. The van der Waals surface area contributed by atoms with E-state index in [1.807, 2.05) is 19.2 Å². The molecule has 17 heavy (non-hydrogen) atoms. The van der Waals surface area contributed by atoms with Gasteiger partial charge < -0.3 is 10.7 Å². The minimum atomic E-state index is 0.909. The second-order valence-corrected chi connectivity index (χ2v) is 4.07. The van der Waals surface area contributed by atoms with Gasteiger partial charge in [-0.1, -0.05) is 35.9 Å². The lowest BCUT2D eigenvalue weighted by Gasteiger charge is -2.08. The zero-order chi connectivity index (χ0) is 12.3. The quantitative estimate of drug-likeness (QED) is 0.766. The highest BCUT2D eigenvalue weighted by Gasteiger charge is 2.02. The van der Waals surface area contributed by atoms with Crippen molar-refractivity contribution in [3.05, 3.63) is 53.6 Å². The van der Waals surface area contributed by atoms with Crippen LogP contribution in [0.4, 0.5) is 5.69 Å². The Kier molecular flexibility index (Phi) is 3.24. The highest BCUT2D eigenvalue weighted by molar-refractivity contribution is 5.88. The maximum atomic E-state index is 7.42. The van der Waals surface area contributed by atoms with Crippen molar-refractivity contribution in [2.24, 2.45) is 0 Å². The first-order valence-corrected chi connectivity index (χ1v) is 5.64. The van der Waals surface area contributed by atoms with Crippen LogP contribution in [0.5, 0.6) is 0 Å². The molecule has 0 bridgehead atoms. The normalized spacial score (nSPS) is 10.0. The van der Waals surface area contributed by atoms with Gasteiger partial charge >= 0.3 is 0 Å². The average molecular weight is 224 g/mol. The number of rotatable bonds is 3. The van der Waals surface area contributed by atoms with E-state index in [1.54, 1.807) is 0 Å². The summed E-state index contributed by atoms with van der Waals surface area (Å²) in [6.45, 7) is 2.09. The van der Waals surface area contributed by atoms with Crippen LogP contribution in [0.2, 0.25) is 0 Å². The maximum absolute atomic E-state index is 7.42. The van der Waals surface area contributed by atoms with E-state index < -0.39 is 0 Å². The van der Waals surface area contributed by atoms with Crippen molar-refractivity contribution >= 4 is 11.9 Å². The lowest BCUT2D eigenvalue weighted by molar-refractivity contribution is 1.45. The Hall–Kier alpha value is -2.09. The fourth-order valence-electron chi connectivity index (χ4n) is 1.91. The molecule has 0 aliphatic heterocycles. The Bertz CT molecular complexity index is 544. The minimum Gasteiger partial charge on any atom is -0.388 e. The van der Waals surface area contributed by atoms with Gasteiger partial charge in [-0.2, -0.15) is 0 Å². The number of anilines is 1. The lowest BCUT2D eigenvalue weighted by Crippen LogP contribution is -1.94. The highest BCUT2D eigenvalue weighted by Crippen LogP contribution is 2.24.